The summed E-state index contributed by atoms with van der Waals surface area (Å²) in [7, 11) is 0. The molecule has 0 aliphatic carbocycles. The Hall–Kier alpha value is -3.34. The molecule has 132 valence electrons. The minimum absolute atomic E-state index is 0.167. The van der Waals surface area contributed by atoms with Crippen molar-refractivity contribution in [2.75, 3.05) is 5.32 Å². The zero-order valence-electron chi connectivity index (χ0n) is 15.0. The van der Waals surface area contributed by atoms with Crippen molar-refractivity contribution in [3.63, 3.8) is 0 Å². The lowest BCUT2D eigenvalue weighted by Crippen LogP contribution is -2.11. The van der Waals surface area contributed by atoms with Crippen molar-refractivity contribution in [3.05, 3.63) is 65.4 Å². The Balaban J connectivity index is 2.19. The number of anilines is 1. The van der Waals surface area contributed by atoms with Gasteiger partial charge in [-0.25, -0.2) is 0 Å². The lowest BCUT2D eigenvalue weighted by molar-refractivity contribution is -0.111. The third-order valence-electron chi connectivity index (χ3n) is 4.50. The maximum Gasteiger partial charge on any atom is 0.250 e. The molecule has 0 saturated carbocycles. The van der Waals surface area contributed by atoms with E-state index in [1.165, 1.54) is 6.08 Å². The summed E-state index contributed by atoms with van der Waals surface area (Å²) in [5.74, 6) is -0.632. The number of rotatable bonds is 4. The van der Waals surface area contributed by atoms with Crippen LogP contribution >= 0.6 is 0 Å². The van der Waals surface area contributed by atoms with Crippen LogP contribution in [0.25, 0.3) is 22.0 Å². The molecule has 0 saturated heterocycles. The quantitative estimate of drug-likeness (QED) is 0.621. The van der Waals surface area contributed by atoms with Crippen LogP contribution in [-0.2, 0) is 4.79 Å². The van der Waals surface area contributed by atoms with Gasteiger partial charge in [-0.1, -0.05) is 24.3 Å². The number of primary amides is 1. The monoisotopic (exact) mass is 347 g/mol. The van der Waals surface area contributed by atoms with E-state index in [1.54, 1.807) is 19.1 Å². The first kappa shape index (κ1) is 17.5. The van der Waals surface area contributed by atoms with E-state index >= 15 is 0 Å². The van der Waals surface area contributed by atoms with E-state index in [-0.39, 0.29) is 5.91 Å². The van der Waals surface area contributed by atoms with Crippen LogP contribution in [0.4, 0.5) is 5.69 Å². The van der Waals surface area contributed by atoms with Crippen molar-refractivity contribution in [1.29, 1.82) is 0 Å². The molecule has 2 amide bonds. The minimum atomic E-state index is -0.465. The van der Waals surface area contributed by atoms with E-state index < -0.39 is 5.91 Å². The SMILES string of the molecule is CC=CC(=O)Nc1cccc(-c2ccc(C(N)=O)c3[nH]cc(C)c23)c1C. The first-order chi connectivity index (χ1) is 12.4. The Bertz CT molecular complexity index is 1040. The summed E-state index contributed by atoms with van der Waals surface area (Å²) in [6, 6.07) is 9.43. The van der Waals surface area contributed by atoms with Crippen molar-refractivity contribution in [3.8, 4) is 11.1 Å². The fraction of sp³-hybridized carbons (Fsp3) is 0.143. The summed E-state index contributed by atoms with van der Waals surface area (Å²) in [6.45, 7) is 5.76. The molecule has 0 spiro atoms. The smallest absolute Gasteiger partial charge is 0.250 e. The summed E-state index contributed by atoms with van der Waals surface area (Å²) >= 11 is 0. The van der Waals surface area contributed by atoms with Crippen LogP contribution in [0.2, 0.25) is 0 Å². The summed E-state index contributed by atoms with van der Waals surface area (Å²) in [4.78, 5) is 26.8. The van der Waals surface area contributed by atoms with Crippen LogP contribution < -0.4 is 11.1 Å². The summed E-state index contributed by atoms with van der Waals surface area (Å²) < 4.78 is 0. The number of H-pyrrole nitrogens is 1. The second-order valence-corrected chi connectivity index (χ2v) is 6.21. The zero-order valence-corrected chi connectivity index (χ0v) is 15.0. The standard InChI is InChI=1S/C21H21N3O2/c1-4-6-18(25)24-17-8-5-7-14(13(17)3)15-9-10-16(21(22)26)20-19(15)12(2)11-23-20/h4-11,23H,1-3H3,(H2,22,26)(H,24,25). The van der Waals surface area contributed by atoms with Gasteiger partial charge in [0, 0.05) is 17.3 Å². The Morgan fingerprint density at radius 1 is 1.12 bits per heavy atom. The molecule has 2 aromatic carbocycles. The molecule has 0 aliphatic heterocycles. The van der Waals surface area contributed by atoms with E-state index in [4.69, 9.17) is 5.73 Å². The van der Waals surface area contributed by atoms with Gasteiger partial charge in [0.1, 0.15) is 0 Å². The number of carbonyl (C=O) groups is 2. The van der Waals surface area contributed by atoms with E-state index in [9.17, 15) is 9.59 Å². The highest BCUT2D eigenvalue weighted by atomic mass is 16.1. The number of allylic oxidation sites excluding steroid dienone is 1. The number of hydrogen-bond acceptors (Lipinski definition) is 2. The third-order valence-corrected chi connectivity index (χ3v) is 4.50. The van der Waals surface area contributed by atoms with Gasteiger partial charge < -0.3 is 16.0 Å². The number of aromatic amines is 1. The molecule has 4 N–H and O–H groups in total. The molecule has 0 bridgehead atoms. The fourth-order valence-corrected chi connectivity index (χ4v) is 3.23. The Kier molecular flexibility index (Phi) is 4.63. The average Bonchev–Trinajstić information content (AvgIpc) is 2.98. The van der Waals surface area contributed by atoms with E-state index in [1.807, 2.05) is 44.3 Å². The number of amides is 2. The highest BCUT2D eigenvalue weighted by molar-refractivity contribution is 6.10. The van der Waals surface area contributed by atoms with Crippen LogP contribution in [-0.4, -0.2) is 16.8 Å². The molecule has 0 fully saturated rings. The van der Waals surface area contributed by atoms with E-state index in [0.29, 0.717) is 5.56 Å². The van der Waals surface area contributed by atoms with Crippen molar-refractivity contribution < 1.29 is 9.59 Å². The molecule has 5 heteroatoms. The van der Waals surface area contributed by atoms with Gasteiger partial charge in [0.05, 0.1) is 11.1 Å². The summed E-state index contributed by atoms with van der Waals surface area (Å²) in [5.41, 5.74) is 11.4. The Morgan fingerprint density at radius 2 is 1.88 bits per heavy atom. The molecule has 5 nitrogen and oxygen atoms in total. The molecule has 0 radical (unpaired) electrons. The van der Waals surface area contributed by atoms with Gasteiger partial charge >= 0.3 is 0 Å². The summed E-state index contributed by atoms with van der Waals surface area (Å²) in [6.07, 6.45) is 5.06. The molecule has 0 aliphatic rings. The summed E-state index contributed by atoms with van der Waals surface area (Å²) in [5, 5.41) is 3.86. The maximum absolute atomic E-state index is 11.9. The highest BCUT2D eigenvalue weighted by Crippen LogP contribution is 2.36. The molecule has 0 atom stereocenters. The van der Waals surface area contributed by atoms with Crippen molar-refractivity contribution in [1.82, 2.24) is 4.98 Å². The molecule has 1 aromatic heterocycles. The molecular weight excluding hydrogens is 326 g/mol. The molecular formula is C21H21N3O2. The number of aryl methyl sites for hydroxylation is 1. The number of fused-ring (bicyclic) bond motifs is 1. The molecule has 26 heavy (non-hydrogen) atoms. The average molecular weight is 347 g/mol. The molecule has 3 aromatic rings. The van der Waals surface area contributed by atoms with Crippen LogP contribution in [0.3, 0.4) is 0 Å². The van der Waals surface area contributed by atoms with Crippen molar-refractivity contribution in [2.24, 2.45) is 5.73 Å². The van der Waals surface area contributed by atoms with Crippen LogP contribution in [0.1, 0.15) is 28.4 Å². The van der Waals surface area contributed by atoms with Crippen LogP contribution in [0.15, 0.2) is 48.7 Å². The van der Waals surface area contributed by atoms with Crippen LogP contribution in [0, 0.1) is 13.8 Å². The maximum atomic E-state index is 11.9. The number of nitrogens with one attached hydrogen (secondary N) is 2. The van der Waals surface area contributed by atoms with Gasteiger partial charge in [-0.3, -0.25) is 9.59 Å². The second kappa shape index (κ2) is 6.88. The first-order valence-corrected chi connectivity index (χ1v) is 8.38. The zero-order chi connectivity index (χ0) is 18.8. The number of benzene rings is 2. The van der Waals surface area contributed by atoms with Gasteiger partial charge in [0.15, 0.2) is 0 Å². The number of aromatic nitrogens is 1. The third kappa shape index (κ3) is 2.99. The van der Waals surface area contributed by atoms with Crippen molar-refractivity contribution >= 4 is 28.4 Å². The normalized spacial score (nSPS) is 11.2. The van der Waals surface area contributed by atoms with Gasteiger partial charge in [0.2, 0.25) is 5.91 Å². The topological polar surface area (TPSA) is 88.0 Å². The highest BCUT2D eigenvalue weighted by Gasteiger charge is 2.16. The number of hydrogen-bond donors (Lipinski definition) is 3. The first-order valence-electron chi connectivity index (χ1n) is 8.38. The Morgan fingerprint density at radius 3 is 2.58 bits per heavy atom. The van der Waals surface area contributed by atoms with Gasteiger partial charge in [-0.15, -0.1) is 0 Å². The number of carbonyl (C=O) groups excluding carboxylic acids is 2. The van der Waals surface area contributed by atoms with Gasteiger partial charge in [-0.2, -0.15) is 0 Å². The minimum Gasteiger partial charge on any atom is -0.366 e. The lowest BCUT2D eigenvalue weighted by Gasteiger charge is -2.14. The van der Waals surface area contributed by atoms with Crippen molar-refractivity contribution in [2.45, 2.75) is 20.8 Å². The van der Waals surface area contributed by atoms with E-state index in [0.717, 1.165) is 38.8 Å². The molecule has 0 unspecified atom stereocenters. The predicted molar refractivity (Wildman–Crippen MR) is 105 cm³/mol. The molecule has 3 rings (SSSR count). The van der Waals surface area contributed by atoms with Crippen LogP contribution in [0.5, 0.6) is 0 Å². The fourth-order valence-electron chi connectivity index (χ4n) is 3.23. The lowest BCUT2D eigenvalue weighted by atomic mass is 9.93. The largest absolute Gasteiger partial charge is 0.366 e. The number of nitrogens with two attached hydrogens (primary N) is 1. The Labute approximate surface area is 151 Å². The van der Waals surface area contributed by atoms with Gasteiger partial charge in [0.25, 0.3) is 5.91 Å². The predicted octanol–water partition coefficient (Wildman–Crippen LogP) is 4.07. The molecule has 1 heterocycles. The second-order valence-electron chi connectivity index (χ2n) is 6.21. The van der Waals surface area contributed by atoms with E-state index in [2.05, 4.69) is 10.3 Å². The van der Waals surface area contributed by atoms with Gasteiger partial charge in [-0.05, 0) is 61.2 Å².